The Morgan fingerprint density at radius 1 is 1.07 bits per heavy atom. The Bertz CT molecular complexity index is 799. The van der Waals surface area contributed by atoms with Gasteiger partial charge in [0.05, 0.1) is 11.3 Å². The highest BCUT2D eigenvalue weighted by Crippen LogP contribution is 2.25. The van der Waals surface area contributed by atoms with Crippen molar-refractivity contribution in [2.24, 2.45) is 0 Å². The van der Waals surface area contributed by atoms with Crippen LogP contribution in [0.4, 0.5) is 11.4 Å². The Hall–Kier alpha value is -2.89. The van der Waals surface area contributed by atoms with Crippen LogP contribution in [0.2, 0.25) is 0 Å². The summed E-state index contributed by atoms with van der Waals surface area (Å²) in [6, 6.07) is 14.4. The summed E-state index contributed by atoms with van der Waals surface area (Å²) in [6.07, 6.45) is 3.94. The number of para-hydroxylation sites is 1. The highest BCUT2D eigenvalue weighted by atomic mass is 16.6. The third-order valence-electron chi connectivity index (χ3n) is 5.02. The first-order chi connectivity index (χ1) is 13.0. The molecule has 2 aromatic rings. The molecule has 142 valence electrons. The average molecular weight is 367 g/mol. The normalized spacial score (nSPS) is 14.0. The van der Waals surface area contributed by atoms with Gasteiger partial charge in [0.2, 0.25) is 5.91 Å². The lowest BCUT2D eigenvalue weighted by molar-refractivity contribution is -0.384. The summed E-state index contributed by atoms with van der Waals surface area (Å²) >= 11 is 0. The van der Waals surface area contributed by atoms with E-state index >= 15 is 0 Å². The molecule has 0 spiro atoms. The van der Waals surface area contributed by atoms with E-state index in [1.54, 1.807) is 24.1 Å². The van der Waals surface area contributed by atoms with E-state index in [0.717, 1.165) is 24.2 Å². The van der Waals surface area contributed by atoms with Gasteiger partial charge in [0.25, 0.3) is 5.69 Å². The molecule has 0 radical (unpaired) electrons. The lowest BCUT2D eigenvalue weighted by atomic mass is 10.1. The Kier molecular flexibility index (Phi) is 6.06. The van der Waals surface area contributed by atoms with Crippen molar-refractivity contribution in [1.82, 2.24) is 4.90 Å². The fraction of sp³-hybridized carbons (Fsp3) is 0.381. The van der Waals surface area contributed by atoms with Crippen molar-refractivity contribution < 1.29 is 9.72 Å². The number of carbonyl (C=O) groups is 1. The summed E-state index contributed by atoms with van der Waals surface area (Å²) in [5, 5.41) is 10.7. The van der Waals surface area contributed by atoms with Crippen LogP contribution in [0.25, 0.3) is 0 Å². The number of hydrogen-bond acceptors (Lipinski definition) is 4. The zero-order valence-electron chi connectivity index (χ0n) is 15.6. The Labute approximate surface area is 159 Å². The molecule has 0 aromatic heterocycles. The number of amides is 1. The fourth-order valence-corrected chi connectivity index (χ4v) is 3.48. The van der Waals surface area contributed by atoms with E-state index in [9.17, 15) is 14.9 Å². The van der Waals surface area contributed by atoms with Crippen molar-refractivity contribution in [2.45, 2.75) is 32.2 Å². The van der Waals surface area contributed by atoms with Crippen LogP contribution in [0.5, 0.6) is 0 Å². The molecule has 6 nitrogen and oxygen atoms in total. The Morgan fingerprint density at radius 3 is 2.41 bits per heavy atom. The van der Waals surface area contributed by atoms with Gasteiger partial charge in [-0.05, 0) is 36.5 Å². The zero-order valence-corrected chi connectivity index (χ0v) is 15.6. The molecule has 1 heterocycles. The molecule has 1 aliphatic heterocycles. The van der Waals surface area contributed by atoms with Crippen LogP contribution in [0, 0.1) is 10.1 Å². The number of rotatable bonds is 6. The third kappa shape index (κ3) is 4.84. The molecule has 0 atom stereocenters. The smallest absolute Gasteiger partial charge is 0.269 e. The van der Waals surface area contributed by atoms with Gasteiger partial charge in [-0.3, -0.25) is 14.9 Å². The number of carbonyl (C=O) groups excluding carboxylic acids is 1. The molecule has 1 fully saturated rings. The van der Waals surface area contributed by atoms with E-state index in [1.165, 1.54) is 37.1 Å². The SMILES string of the molecule is CN(Cc1ccccc1N1CCCCC1)C(=O)Cc1ccc([N+](=O)[O-])cc1. The Morgan fingerprint density at radius 2 is 1.74 bits per heavy atom. The van der Waals surface area contributed by atoms with Crippen LogP contribution in [0.15, 0.2) is 48.5 Å². The zero-order chi connectivity index (χ0) is 19.2. The second kappa shape index (κ2) is 8.66. The van der Waals surface area contributed by atoms with Crippen LogP contribution in [-0.4, -0.2) is 35.9 Å². The third-order valence-corrected chi connectivity index (χ3v) is 5.02. The summed E-state index contributed by atoms with van der Waals surface area (Å²) in [5.41, 5.74) is 3.18. The lowest BCUT2D eigenvalue weighted by Crippen LogP contribution is -2.32. The monoisotopic (exact) mass is 367 g/mol. The molecule has 1 saturated heterocycles. The van der Waals surface area contributed by atoms with Crippen molar-refractivity contribution in [3.05, 3.63) is 69.8 Å². The molecule has 2 aromatic carbocycles. The molecular formula is C21H25N3O3. The molecule has 0 unspecified atom stereocenters. The van der Waals surface area contributed by atoms with Gasteiger partial charge in [0, 0.05) is 44.5 Å². The number of likely N-dealkylation sites (N-methyl/N-ethyl adjacent to an activating group) is 1. The van der Waals surface area contributed by atoms with Gasteiger partial charge in [0.15, 0.2) is 0 Å². The fourth-order valence-electron chi connectivity index (χ4n) is 3.48. The highest BCUT2D eigenvalue weighted by Gasteiger charge is 2.17. The number of hydrogen-bond donors (Lipinski definition) is 0. The van der Waals surface area contributed by atoms with Gasteiger partial charge in [-0.1, -0.05) is 30.3 Å². The summed E-state index contributed by atoms with van der Waals surface area (Å²) in [7, 11) is 1.81. The molecule has 0 aliphatic carbocycles. The lowest BCUT2D eigenvalue weighted by Gasteiger charge is -2.31. The van der Waals surface area contributed by atoms with Gasteiger partial charge in [-0.25, -0.2) is 0 Å². The van der Waals surface area contributed by atoms with E-state index in [4.69, 9.17) is 0 Å². The molecule has 27 heavy (non-hydrogen) atoms. The van der Waals surface area contributed by atoms with E-state index in [1.807, 2.05) is 12.1 Å². The number of nitro benzene ring substituents is 1. The van der Waals surface area contributed by atoms with E-state index < -0.39 is 4.92 Å². The quantitative estimate of drug-likeness (QED) is 0.575. The van der Waals surface area contributed by atoms with Crippen molar-refractivity contribution in [3.8, 4) is 0 Å². The Balaban J connectivity index is 1.65. The number of piperidine rings is 1. The predicted molar refractivity (Wildman–Crippen MR) is 106 cm³/mol. The van der Waals surface area contributed by atoms with Crippen LogP contribution in [-0.2, 0) is 17.8 Å². The number of non-ortho nitro benzene ring substituents is 1. The van der Waals surface area contributed by atoms with Crippen LogP contribution in [0.3, 0.4) is 0 Å². The first kappa shape index (κ1) is 18.9. The van der Waals surface area contributed by atoms with Crippen LogP contribution in [0.1, 0.15) is 30.4 Å². The predicted octanol–water partition coefficient (Wildman–Crippen LogP) is 3.79. The maximum atomic E-state index is 12.6. The van der Waals surface area contributed by atoms with Gasteiger partial charge in [0.1, 0.15) is 0 Å². The summed E-state index contributed by atoms with van der Waals surface area (Å²) in [6.45, 7) is 2.69. The second-order valence-corrected chi connectivity index (χ2v) is 7.03. The molecule has 0 bridgehead atoms. The van der Waals surface area contributed by atoms with E-state index in [0.29, 0.717) is 6.54 Å². The number of nitro groups is 1. The second-order valence-electron chi connectivity index (χ2n) is 7.03. The minimum atomic E-state index is -0.435. The standard InChI is InChI=1S/C21H25N3O3/c1-22(21(25)15-17-9-11-19(12-10-17)24(26)27)16-18-7-3-4-8-20(18)23-13-5-2-6-14-23/h3-4,7-12H,2,5-6,13-16H2,1H3. The van der Waals surface area contributed by atoms with Crippen LogP contribution < -0.4 is 4.90 Å². The topological polar surface area (TPSA) is 66.7 Å². The first-order valence-electron chi connectivity index (χ1n) is 9.35. The van der Waals surface area contributed by atoms with Crippen molar-refractivity contribution in [3.63, 3.8) is 0 Å². The largest absolute Gasteiger partial charge is 0.371 e. The van der Waals surface area contributed by atoms with Crippen molar-refractivity contribution in [2.75, 3.05) is 25.0 Å². The maximum Gasteiger partial charge on any atom is 0.269 e. The summed E-state index contributed by atoms with van der Waals surface area (Å²) in [4.78, 5) is 27.0. The van der Waals surface area contributed by atoms with Gasteiger partial charge in [-0.2, -0.15) is 0 Å². The van der Waals surface area contributed by atoms with Gasteiger partial charge < -0.3 is 9.80 Å². The minimum absolute atomic E-state index is 0.00250. The summed E-state index contributed by atoms with van der Waals surface area (Å²) in [5.74, 6) is -0.00250. The summed E-state index contributed by atoms with van der Waals surface area (Å²) < 4.78 is 0. The molecule has 0 saturated carbocycles. The maximum absolute atomic E-state index is 12.6. The molecule has 6 heteroatoms. The van der Waals surface area contributed by atoms with E-state index in [-0.39, 0.29) is 18.0 Å². The molecule has 1 aliphatic rings. The van der Waals surface area contributed by atoms with Crippen molar-refractivity contribution >= 4 is 17.3 Å². The van der Waals surface area contributed by atoms with Gasteiger partial charge >= 0.3 is 0 Å². The highest BCUT2D eigenvalue weighted by molar-refractivity contribution is 5.78. The number of benzene rings is 2. The minimum Gasteiger partial charge on any atom is -0.371 e. The molecule has 0 N–H and O–H groups in total. The van der Waals surface area contributed by atoms with Gasteiger partial charge in [-0.15, -0.1) is 0 Å². The number of anilines is 1. The van der Waals surface area contributed by atoms with Crippen molar-refractivity contribution in [1.29, 1.82) is 0 Å². The molecule has 1 amide bonds. The number of nitrogens with zero attached hydrogens (tertiary/aromatic N) is 3. The first-order valence-corrected chi connectivity index (χ1v) is 9.35. The van der Waals surface area contributed by atoms with E-state index in [2.05, 4.69) is 17.0 Å². The van der Waals surface area contributed by atoms with Crippen LogP contribution >= 0.6 is 0 Å². The average Bonchev–Trinajstić information content (AvgIpc) is 2.69. The molecule has 3 rings (SSSR count). The molecular weight excluding hydrogens is 342 g/mol.